The number of hydrogen-bond donors (Lipinski definition) is 4. The molecule has 0 bridgehead atoms. The Labute approximate surface area is 96.2 Å². The minimum Gasteiger partial charge on any atom is -0.394 e. The molecule has 5 nitrogen and oxygen atoms in total. The molecule has 1 unspecified atom stereocenters. The molecule has 1 aliphatic heterocycles. The normalized spacial score (nSPS) is 21.1. The Hall–Kier alpha value is -0.650. The summed E-state index contributed by atoms with van der Waals surface area (Å²) >= 11 is 0. The fourth-order valence-corrected chi connectivity index (χ4v) is 1.94. The average Bonchev–Trinajstić information content (AvgIpc) is 2.79. The first-order chi connectivity index (χ1) is 7.65. The molecule has 1 fully saturated rings. The first kappa shape index (κ1) is 13.4. The number of amides is 1. The van der Waals surface area contributed by atoms with Gasteiger partial charge in [0.1, 0.15) is 0 Å². The SMILES string of the molecule is CCC(CO)(CO)NC(=O)CC1CCCN1. The highest BCUT2D eigenvalue weighted by atomic mass is 16.3. The zero-order valence-electron chi connectivity index (χ0n) is 9.83. The molecule has 1 amide bonds. The molecule has 5 heteroatoms. The lowest BCUT2D eigenvalue weighted by Crippen LogP contribution is -2.54. The summed E-state index contributed by atoms with van der Waals surface area (Å²) in [6, 6.07) is 0.243. The van der Waals surface area contributed by atoms with E-state index in [9.17, 15) is 15.0 Å². The van der Waals surface area contributed by atoms with Gasteiger partial charge in [-0.05, 0) is 25.8 Å². The van der Waals surface area contributed by atoms with Crippen LogP contribution in [0, 0.1) is 0 Å². The Balaban J connectivity index is 2.41. The Morgan fingerprint density at radius 1 is 1.50 bits per heavy atom. The number of aliphatic hydroxyl groups is 2. The molecule has 1 heterocycles. The van der Waals surface area contributed by atoms with E-state index in [1.165, 1.54) is 0 Å². The summed E-state index contributed by atoms with van der Waals surface area (Å²) in [6.07, 6.45) is 3.06. The monoisotopic (exact) mass is 230 g/mol. The quantitative estimate of drug-likeness (QED) is 0.490. The number of carbonyl (C=O) groups excluding carboxylic acids is 1. The van der Waals surface area contributed by atoms with Crippen LogP contribution in [0.3, 0.4) is 0 Å². The van der Waals surface area contributed by atoms with Crippen LogP contribution in [0.4, 0.5) is 0 Å². The van der Waals surface area contributed by atoms with E-state index < -0.39 is 5.54 Å². The third-order valence-corrected chi connectivity index (χ3v) is 3.28. The van der Waals surface area contributed by atoms with Crippen molar-refractivity contribution in [3.05, 3.63) is 0 Å². The van der Waals surface area contributed by atoms with Crippen molar-refractivity contribution in [2.75, 3.05) is 19.8 Å². The minimum atomic E-state index is -0.865. The summed E-state index contributed by atoms with van der Waals surface area (Å²) in [6.45, 7) is 2.34. The summed E-state index contributed by atoms with van der Waals surface area (Å²) in [5, 5.41) is 24.4. The van der Waals surface area contributed by atoms with E-state index in [1.54, 1.807) is 0 Å². The fraction of sp³-hybridized carbons (Fsp3) is 0.909. The van der Waals surface area contributed by atoms with E-state index in [0.29, 0.717) is 12.8 Å². The molecule has 0 spiro atoms. The van der Waals surface area contributed by atoms with Crippen LogP contribution >= 0.6 is 0 Å². The van der Waals surface area contributed by atoms with Crippen LogP contribution in [-0.4, -0.2) is 47.5 Å². The fourth-order valence-electron chi connectivity index (χ4n) is 1.94. The van der Waals surface area contributed by atoms with Gasteiger partial charge in [0.15, 0.2) is 0 Å². The number of rotatable bonds is 6. The van der Waals surface area contributed by atoms with E-state index in [-0.39, 0.29) is 25.2 Å². The van der Waals surface area contributed by atoms with Gasteiger partial charge in [-0.25, -0.2) is 0 Å². The molecule has 0 aromatic heterocycles. The van der Waals surface area contributed by atoms with Crippen molar-refractivity contribution in [2.24, 2.45) is 0 Å². The largest absolute Gasteiger partial charge is 0.394 e. The molecule has 0 aliphatic carbocycles. The van der Waals surface area contributed by atoms with Gasteiger partial charge < -0.3 is 20.8 Å². The van der Waals surface area contributed by atoms with E-state index >= 15 is 0 Å². The summed E-state index contributed by atoms with van der Waals surface area (Å²) in [7, 11) is 0. The average molecular weight is 230 g/mol. The molecular weight excluding hydrogens is 208 g/mol. The van der Waals surface area contributed by atoms with Gasteiger partial charge in [-0.3, -0.25) is 4.79 Å². The Morgan fingerprint density at radius 2 is 2.19 bits per heavy atom. The molecule has 1 saturated heterocycles. The highest BCUT2D eigenvalue weighted by Crippen LogP contribution is 2.12. The molecule has 1 atom stereocenters. The molecule has 0 aromatic rings. The predicted molar refractivity (Wildman–Crippen MR) is 61.0 cm³/mol. The van der Waals surface area contributed by atoms with Gasteiger partial charge in [0.25, 0.3) is 0 Å². The third kappa shape index (κ3) is 3.43. The molecule has 0 saturated carbocycles. The molecule has 1 aliphatic rings. The van der Waals surface area contributed by atoms with Crippen molar-refractivity contribution < 1.29 is 15.0 Å². The van der Waals surface area contributed by atoms with Crippen LogP contribution < -0.4 is 10.6 Å². The van der Waals surface area contributed by atoms with Crippen molar-refractivity contribution >= 4 is 5.91 Å². The lowest BCUT2D eigenvalue weighted by Gasteiger charge is -2.30. The number of carbonyl (C=O) groups is 1. The predicted octanol–water partition coefficient (Wildman–Crippen LogP) is -0.622. The van der Waals surface area contributed by atoms with Crippen LogP contribution in [0.1, 0.15) is 32.6 Å². The van der Waals surface area contributed by atoms with Crippen molar-refractivity contribution in [3.8, 4) is 0 Å². The van der Waals surface area contributed by atoms with Crippen LogP contribution in [-0.2, 0) is 4.79 Å². The Kier molecular flexibility index (Phi) is 5.18. The maximum absolute atomic E-state index is 11.7. The number of aliphatic hydroxyl groups excluding tert-OH is 2. The van der Waals surface area contributed by atoms with Crippen molar-refractivity contribution in [3.63, 3.8) is 0 Å². The second-order valence-corrected chi connectivity index (χ2v) is 4.50. The van der Waals surface area contributed by atoms with Crippen LogP contribution in [0.2, 0.25) is 0 Å². The van der Waals surface area contributed by atoms with E-state index in [0.717, 1.165) is 19.4 Å². The number of hydrogen-bond acceptors (Lipinski definition) is 4. The van der Waals surface area contributed by atoms with Gasteiger partial charge in [0.05, 0.1) is 18.8 Å². The molecule has 4 N–H and O–H groups in total. The summed E-state index contributed by atoms with van der Waals surface area (Å²) in [5.41, 5.74) is -0.865. The third-order valence-electron chi connectivity index (χ3n) is 3.28. The van der Waals surface area contributed by atoms with Crippen molar-refractivity contribution in [2.45, 2.75) is 44.2 Å². The first-order valence-electron chi connectivity index (χ1n) is 5.92. The standard InChI is InChI=1S/C11H22N2O3/c1-2-11(7-14,8-15)13-10(16)6-9-4-3-5-12-9/h9,12,14-15H,2-8H2,1H3,(H,13,16). The van der Waals surface area contributed by atoms with Crippen LogP contribution in [0.25, 0.3) is 0 Å². The van der Waals surface area contributed by atoms with E-state index in [2.05, 4.69) is 10.6 Å². The van der Waals surface area contributed by atoms with Crippen LogP contribution in [0.5, 0.6) is 0 Å². The summed E-state index contributed by atoms with van der Waals surface area (Å²) in [5.74, 6) is -0.107. The van der Waals surface area contributed by atoms with Gasteiger partial charge in [-0.2, -0.15) is 0 Å². The highest BCUT2D eigenvalue weighted by Gasteiger charge is 2.29. The Morgan fingerprint density at radius 3 is 2.62 bits per heavy atom. The molecule has 0 aromatic carbocycles. The number of nitrogens with one attached hydrogen (secondary N) is 2. The maximum atomic E-state index is 11.7. The van der Waals surface area contributed by atoms with Gasteiger partial charge >= 0.3 is 0 Å². The first-order valence-corrected chi connectivity index (χ1v) is 5.92. The van der Waals surface area contributed by atoms with Gasteiger partial charge in [0, 0.05) is 12.5 Å². The zero-order chi connectivity index (χ0) is 12.0. The molecule has 94 valence electrons. The lowest BCUT2D eigenvalue weighted by atomic mass is 9.98. The van der Waals surface area contributed by atoms with Crippen molar-refractivity contribution in [1.82, 2.24) is 10.6 Å². The van der Waals surface area contributed by atoms with Gasteiger partial charge in [0.2, 0.25) is 5.91 Å². The van der Waals surface area contributed by atoms with Gasteiger partial charge in [-0.15, -0.1) is 0 Å². The zero-order valence-corrected chi connectivity index (χ0v) is 9.83. The van der Waals surface area contributed by atoms with E-state index in [4.69, 9.17) is 0 Å². The summed E-state index contributed by atoms with van der Waals surface area (Å²) in [4.78, 5) is 11.7. The minimum absolute atomic E-state index is 0.107. The lowest BCUT2D eigenvalue weighted by molar-refractivity contribution is -0.124. The molecular formula is C11H22N2O3. The summed E-state index contributed by atoms with van der Waals surface area (Å²) < 4.78 is 0. The molecule has 1 rings (SSSR count). The van der Waals surface area contributed by atoms with Crippen LogP contribution in [0.15, 0.2) is 0 Å². The maximum Gasteiger partial charge on any atom is 0.222 e. The smallest absolute Gasteiger partial charge is 0.222 e. The molecule has 0 radical (unpaired) electrons. The van der Waals surface area contributed by atoms with Crippen molar-refractivity contribution in [1.29, 1.82) is 0 Å². The second-order valence-electron chi connectivity index (χ2n) is 4.50. The topological polar surface area (TPSA) is 81.6 Å². The van der Waals surface area contributed by atoms with Gasteiger partial charge in [-0.1, -0.05) is 6.92 Å². The highest BCUT2D eigenvalue weighted by molar-refractivity contribution is 5.77. The van der Waals surface area contributed by atoms with E-state index in [1.807, 2.05) is 6.92 Å². The molecule has 16 heavy (non-hydrogen) atoms. The Bertz CT molecular complexity index is 215. The second kappa shape index (κ2) is 6.18.